The Labute approximate surface area is 90.2 Å². The molecule has 0 amide bonds. The number of anilines is 2. The summed E-state index contributed by atoms with van der Waals surface area (Å²) in [4.78, 5) is 8.50. The average Bonchev–Trinajstić information content (AvgIpc) is 2.87. The molecule has 0 aliphatic heterocycles. The van der Waals surface area contributed by atoms with Crippen molar-refractivity contribution in [2.24, 2.45) is 0 Å². The molecule has 0 atom stereocenters. The lowest BCUT2D eigenvalue weighted by molar-refractivity contribution is 1.13. The Bertz CT molecular complexity index is 570. The SMILES string of the molecule is c1cn2ccnc2c(Nc2ccsc2)n1. The van der Waals surface area contributed by atoms with Gasteiger partial charge in [0, 0.05) is 30.2 Å². The third kappa shape index (κ3) is 1.46. The summed E-state index contributed by atoms with van der Waals surface area (Å²) in [6.45, 7) is 0. The van der Waals surface area contributed by atoms with Gasteiger partial charge in [-0.2, -0.15) is 11.3 Å². The Morgan fingerprint density at radius 1 is 1.20 bits per heavy atom. The van der Waals surface area contributed by atoms with Crippen molar-refractivity contribution >= 4 is 28.5 Å². The van der Waals surface area contributed by atoms with E-state index in [4.69, 9.17) is 0 Å². The molecule has 4 nitrogen and oxygen atoms in total. The second-order valence-corrected chi connectivity index (χ2v) is 3.85. The van der Waals surface area contributed by atoms with Crippen molar-refractivity contribution in [3.63, 3.8) is 0 Å². The van der Waals surface area contributed by atoms with E-state index >= 15 is 0 Å². The van der Waals surface area contributed by atoms with Gasteiger partial charge < -0.3 is 9.72 Å². The minimum atomic E-state index is 0.779. The minimum absolute atomic E-state index is 0.779. The van der Waals surface area contributed by atoms with Crippen LogP contribution in [0.1, 0.15) is 0 Å². The normalized spacial score (nSPS) is 10.7. The van der Waals surface area contributed by atoms with Crippen molar-refractivity contribution in [1.29, 1.82) is 0 Å². The lowest BCUT2D eigenvalue weighted by atomic mass is 10.5. The first-order valence-electron chi connectivity index (χ1n) is 4.50. The lowest BCUT2D eigenvalue weighted by Gasteiger charge is -2.03. The Kier molecular flexibility index (Phi) is 1.89. The van der Waals surface area contributed by atoms with Crippen LogP contribution >= 0.6 is 11.3 Å². The number of imidazole rings is 1. The zero-order chi connectivity index (χ0) is 10.1. The summed E-state index contributed by atoms with van der Waals surface area (Å²) in [5, 5.41) is 7.29. The molecular formula is C10H8N4S. The smallest absolute Gasteiger partial charge is 0.180 e. The highest BCUT2D eigenvalue weighted by Crippen LogP contribution is 2.19. The quantitative estimate of drug-likeness (QED) is 0.715. The number of nitrogens with zero attached hydrogens (tertiary/aromatic N) is 3. The molecule has 0 spiro atoms. The average molecular weight is 216 g/mol. The molecule has 0 bridgehead atoms. The van der Waals surface area contributed by atoms with Gasteiger partial charge in [0.25, 0.3) is 0 Å². The fraction of sp³-hybridized carbons (Fsp3) is 0. The molecular weight excluding hydrogens is 208 g/mol. The van der Waals surface area contributed by atoms with Gasteiger partial charge in [-0.05, 0) is 11.4 Å². The second kappa shape index (κ2) is 3.36. The molecule has 74 valence electrons. The van der Waals surface area contributed by atoms with E-state index in [1.807, 2.05) is 33.6 Å². The van der Waals surface area contributed by atoms with Gasteiger partial charge in [-0.1, -0.05) is 0 Å². The molecule has 0 aromatic carbocycles. The number of rotatable bonds is 2. The Hall–Kier alpha value is -1.88. The van der Waals surface area contributed by atoms with Crippen molar-refractivity contribution < 1.29 is 0 Å². The number of thiophene rings is 1. The van der Waals surface area contributed by atoms with E-state index in [2.05, 4.69) is 15.3 Å². The van der Waals surface area contributed by atoms with Crippen LogP contribution in [-0.4, -0.2) is 14.4 Å². The van der Waals surface area contributed by atoms with E-state index in [0.29, 0.717) is 0 Å². The first-order valence-corrected chi connectivity index (χ1v) is 5.45. The molecule has 3 heterocycles. The highest BCUT2D eigenvalue weighted by atomic mass is 32.1. The number of nitrogens with one attached hydrogen (secondary N) is 1. The zero-order valence-corrected chi connectivity index (χ0v) is 8.61. The molecule has 1 N–H and O–H groups in total. The van der Waals surface area contributed by atoms with E-state index in [0.717, 1.165) is 17.2 Å². The summed E-state index contributed by atoms with van der Waals surface area (Å²) in [5.74, 6) is 0.779. The number of aromatic nitrogens is 3. The molecule has 0 saturated carbocycles. The van der Waals surface area contributed by atoms with E-state index in [1.54, 1.807) is 23.7 Å². The Morgan fingerprint density at radius 2 is 2.07 bits per heavy atom. The molecule has 3 rings (SSSR count). The van der Waals surface area contributed by atoms with Gasteiger partial charge in [-0.15, -0.1) is 0 Å². The molecule has 15 heavy (non-hydrogen) atoms. The van der Waals surface area contributed by atoms with Gasteiger partial charge in [0.2, 0.25) is 0 Å². The maximum Gasteiger partial charge on any atom is 0.180 e. The summed E-state index contributed by atoms with van der Waals surface area (Å²) < 4.78 is 1.93. The van der Waals surface area contributed by atoms with Crippen LogP contribution in [0.15, 0.2) is 41.6 Å². The van der Waals surface area contributed by atoms with Crippen LogP contribution < -0.4 is 5.32 Å². The summed E-state index contributed by atoms with van der Waals surface area (Å²) in [6.07, 6.45) is 7.29. The molecule has 3 aromatic rings. The number of hydrogen-bond donors (Lipinski definition) is 1. The van der Waals surface area contributed by atoms with E-state index in [1.165, 1.54) is 0 Å². The predicted octanol–water partition coefficient (Wildman–Crippen LogP) is 2.53. The van der Waals surface area contributed by atoms with Crippen LogP contribution in [0.4, 0.5) is 11.5 Å². The summed E-state index contributed by atoms with van der Waals surface area (Å²) in [5.41, 5.74) is 1.88. The summed E-state index contributed by atoms with van der Waals surface area (Å²) in [6, 6.07) is 2.01. The highest BCUT2D eigenvalue weighted by Gasteiger charge is 2.03. The molecule has 0 aliphatic carbocycles. The van der Waals surface area contributed by atoms with Gasteiger partial charge in [-0.3, -0.25) is 0 Å². The fourth-order valence-electron chi connectivity index (χ4n) is 1.41. The molecule has 0 saturated heterocycles. The van der Waals surface area contributed by atoms with Gasteiger partial charge in [0.05, 0.1) is 5.69 Å². The van der Waals surface area contributed by atoms with Gasteiger partial charge in [0.1, 0.15) is 0 Å². The highest BCUT2D eigenvalue weighted by molar-refractivity contribution is 7.08. The maximum absolute atomic E-state index is 4.26. The van der Waals surface area contributed by atoms with Crippen LogP contribution in [0.2, 0.25) is 0 Å². The monoisotopic (exact) mass is 216 g/mol. The van der Waals surface area contributed by atoms with E-state index in [-0.39, 0.29) is 0 Å². The van der Waals surface area contributed by atoms with Gasteiger partial charge in [0.15, 0.2) is 11.5 Å². The van der Waals surface area contributed by atoms with Crippen molar-refractivity contribution in [2.75, 3.05) is 5.32 Å². The Balaban J connectivity index is 2.07. The van der Waals surface area contributed by atoms with Crippen molar-refractivity contribution in [3.05, 3.63) is 41.6 Å². The number of hydrogen-bond acceptors (Lipinski definition) is 4. The first kappa shape index (κ1) is 8.43. The van der Waals surface area contributed by atoms with E-state index in [9.17, 15) is 0 Å². The van der Waals surface area contributed by atoms with Crippen LogP contribution in [0, 0.1) is 0 Å². The zero-order valence-electron chi connectivity index (χ0n) is 7.79. The topological polar surface area (TPSA) is 42.2 Å². The van der Waals surface area contributed by atoms with Gasteiger partial charge >= 0.3 is 0 Å². The summed E-state index contributed by atoms with van der Waals surface area (Å²) >= 11 is 1.65. The largest absolute Gasteiger partial charge is 0.336 e. The predicted molar refractivity (Wildman–Crippen MR) is 60.6 cm³/mol. The van der Waals surface area contributed by atoms with Crippen LogP contribution in [0.5, 0.6) is 0 Å². The van der Waals surface area contributed by atoms with Crippen molar-refractivity contribution in [3.8, 4) is 0 Å². The molecule has 3 aromatic heterocycles. The fourth-order valence-corrected chi connectivity index (χ4v) is 2.00. The third-order valence-electron chi connectivity index (χ3n) is 2.10. The van der Waals surface area contributed by atoms with Gasteiger partial charge in [-0.25, -0.2) is 9.97 Å². The lowest BCUT2D eigenvalue weighted by Crippen LogP contribution is -1.96. The maximum atomic E-state index is 4.26. The molecule has 0 radical (unpaired) electrons. The third-order valence-corrected chi connectivity index (χ3v) is 2.78. The first-order chi connectivity index (χ1) is 7.43. The van der Waals surface area contributed by atoms with Crippen molar-refractivity contribution in [1.82, 2.24) is 14.4 Å². The molecule has 5 heteroatoms. The van der Waals surface area contributed by atoms with E-state index < -0.39 is 0 Å². The Morgan fingerprint density at radius 3 is 2.87 bits per heavy atom. The van der Waals surface area contributed by atoms with Crippen LogP contribution in [-0.2, 0) is 0 Å². The standard InChI is InChI=1S/C10H8N4S/c1-6-15-7-8(1)13-9-10-12-3-5-14(10)4-2-11-9/h1-7H,(H,11,13). The molecule has 0 fully saturated rings. The minimum Gasteiger partial charge on any atom is -0.336 e. The van der Waals surface area contributed by atoms with Crippen LogP contribution in [0.3, 0.4) is 0 Å². The molecule has 0 unspecified atom stereocenters. The van der Waals surface area contributed by atoms with Crippen molar-refractivity contribution in [2.45, 2.75) is 0 Å². The summed E-state index contributed by atoms with van der Waals surface area (Å²) in [7, 11) is 0. The number of fused-ring (bicyclic) bond motifs is 1. The molecule has 0 aliphatic rings. The van der Waals surface area contributed by atoms with Crippen LogP contribution in [0.25, 0.3) is 5.65 Å². The second-order valence-electron chi connectivity index (χ2n) is 3.07.